The van der Waals surface area contributed by atoms with Crippen molar-refractivity contribution in [1.29, 1.82) is 0 Å². The van der Waals surface area contributed by atoms with E-state index in [1.54, 1.807) is 25.3 Å². The topological polar surface area (TPSA) is 93.0 Å². The van der Waals surface area contributed by atoms with Gasteiger partial charge < -0.3 is 14.6 Å². The molecule has 7 nitrogen and oxygen atoms in total. The Morgan fingerprint density at radius 1 is 1.09 bits per heavy atom. The molecule has 0 bridgehead atoms. The van der Waals surface area contributed by atoms with Gasteiger partial charge in [-0.05, 0) is 55.0 Å². The Bertz CT molecular complexity index is 1330. The van der Waals surface area contributed by atoms with Gasteiger partial charge in [0.05, 0.1) is 36.7 Å². The number of fused-ring (bicyclic) bond motifs is 1. The van der Waals surface area contributed by atoms with E-state index < -0.39 is 0 Å². The van der Waals surface area contributed by atoms with E-state index in [2.05, 4.69) is 10.5 Å². The number of para-hydroxylation sites is 1. The molecular weight excluding hydrogens is 418 g/mol. The van der Waals surface area contributed by atoms with E-state index in [0.717, 1.165) is 10.9 Å². The summed E-state index contributed by atoms with van der Waals surface area (Å²) in [5.74, 6) is 0.749. The average molecular weight is 441 g/mol. The zero-order valence-corrected chi connectivity index (χ0v) is 18.3. The summed E-state index contributed by atoms with van der Waals surface area (Å²) in [6.07, 6.45) is 1.49. The normalized spacial score (nSPS) is 11.0. The second-order valence-corrected chi connectivity index (χ2v) is 7.16. The molecule has 0 saturated carbocycles. The number of ether oxygens (including phenoxy) is 2. The molecule has 0 spiro atoms. The molecule has 4 rings (SSSR count). The van der Waals surface area contributed by atoms with Crippen molar-refractivity contribution in [3.8, 4) is 28.5 Å². The number of methoxy groups -OCH3 is 1. The fraction of sp³-hybridized carbons (Fsp3) is 0.115. The predicted octanol–water partition coefficient (Wildman–Crippen LogP) is 4.78. The predicted molar refractivity (Wildman–Crippen MR) is 128 cm³/mol. The smallest absolute Gasteiger partial charge is 0.272 e. The van der Waals surface area contributed by atoms with Gasteiger partial charge in [0.2, 0.25) is 0 Å². The minimum absolute atomic E-state index is 0.0476. The van der Waals surface area contributed by atoms with Crippen LogP contribution in [0.2, 0.25) is 0 Å². The summed E-state index contributed by atoms with van der Waals surface area (Å²) in [7, 11) is 1.61. The van der Waals surface area contributed by atoms with Crippen molar-refractivity contribution < 1.29 is 19.4 Å². The quantitative estimate of drug-likeness (QED) is 0.318. The Hall–Kier alpha value is -4.39. The van der Waals surface area contributed by atoms with Crippen molar-refractivity contribution in [2.75, 3.05) is 13.7 Å². The van der Waals surface area contributed by atoms with Crippen molar-refractivity contribution in [2.45, 2.75) is 6.92 Å². The van der Waals surface area contributed by atoms with Gasteiger partial charge in [-0.1, -0.05) is 30.3 Å². The Morgan fingerprint density at radius 3 is 2.76 bits per heavy atom. The highest BCUT2D eigenvalue weighted by molar-refractivity contribution is 6.07. The number of amides is 1. The van der Waals surface area contributed by atoms with Gasteiger partial charge in [-0.25, -0.2) is 10.4 Å². The van der Waals surface area contributed by atoms with Crippen LogP contribution in [-0.2, 0) is 0 Å². The zero-order valence-electron chi connectivity index (χ0n) is 18.3. The lowest BCUT2D eigenvalue weighted by Crippen LogP contribution is -2.18. The summed E-state index contributed by atoms with van der Waals surface area (Å²) >= 11 is 0. The highest BCUT2D eigenvalue weighted by Crippen LogP contribution is 2.28. The fourth-order valence-corrected chi connectivity index (χ4v) is 3.40. The van der Waals surface area contributed by atoms with Crippen LogP contribution in [0, 0.1) is 0 Å². The largest absolute Gasteiger partial charge is 0.504 e. The SMILES string of the molecule is CCOc1cc(/C=N/NC(=O)c2cc(-c3cccc(OC)c3)nc3ccccc23)ccc1O. The monoisotopic (exact) mass is 441 g/mol. The first kappa shape index (κ1) is 21.8. The molecule has 1 heterocycles. The number of carbonyl (C=O) groups excluding carboxylic acids is 1. The average Bonchev–Trinajstić information content (AvgIpc) is 2.85. The maximum atomic E-state index is 13.0. The molecule has 0 fully saturated rings. The third kappa shape index (κ3) is 4.93. The number of nitrogens with one attached hydrogen (secondary N) is 1. The number of nitrogens with zero attached hydrogens (tertiary/aromatic N) is 2. The highest BCUT2D eigenvalue weighted by Gasteiger charge is 2.14. The molecule has 3 aromatic carbocycles. The van der Waals surface area contributed by atoms with Crippen LogP contribution in [0.15, 0.2) is 77.9 Å². The lowest BCUT2D eigenvalue weighted by molar-refractivity contribution is 0.0956. The first-order valence-corrected chi connectivity index (χ1v) is 10.4. The molecule has 1 aromatic heterocycles. The number of phenolic OH excluding ortho intramolecular Hbond substituents is 1. The van der Waals surface area contributed by atoms with E-state index >= 15 is 0 Å². The van der Waals surface area contributed by atoms with Crippen LogP contribution < -0.4 is 14.9 Å². The fourth-order valence-electron chi connectivity index (χ4n) is 3.40. The molecule has 0 aliphatic heterocycles. The minimum atomic E-state index is -0.363. The number of hydrogen-bond acceptors (Lipinski definition) is 6. The van der Waals surface area contributed by atoms with Gasteiger partial charge in [0.1, 0.15) is 5.75 Å². The van der Waals surface area contributed by atoms with E-state index in [1.165, 1.54) is 12.3 Å². The third-order valence-corrected chi connectivity index (χ3v) is 4.99. The number of pyridine rings is 1. The van der Waals surface area contributed by atoms with Gasteiger partial charge in [-0.2, -0.15) is 5.10 Å². The molecule has 0 atom stereocenters. The molecular formula is C26H23N3O4. The summed E-state index contributed by atoms with van der Waals surface area (Å²) in [5, 5.41) is 14.6. The highest BCUT2D eigenvalue weighted by atomic mass is 16.5. The second-order valence-electron chi connectivity index (χ2n) is 7.16. The molecule has 0 aliphatic carbocycles. The van der Waals surface area contributed by atoms with Gasteiger partial charge in [0.15, 0.2) is 11.5 Å². The van der Waals surface area contributed by atoms with Crippen LogP contribution in [0.1, 0.15) is 22.8 Å². The zero-order chi connectivity index (χ0) is 23.2. The number of aromatic hydroxyl groups is 1. The molecule has 1 amide bonds. The van der Waals surface area contributed by atoms with Crippen LogP contribution in [0.3, 0.4) is 0 Å². The van der Waals surface area contributed by atoms with Crippen molar-refractivity contribution in [3.05, 3.63) is 83.9 Å². The van der Waals surface area contributed by atoms with Gasteiger partial charge in [0, 0.05) is 10.9 Å². The van der Waals surface area contributed by atoms with Crippen LogP contribution >= 0.6 is 0 Å². The number of hydrogen-bond donors (Lipinski definition) is 2. The molecule has 0 saturated heterocycles. The Labute approximate surface area is 191 Å². The van der Waals surface area contributed by atoms with Crippen LogP contribution in [0.4, 0.5) is 0 Å². The Kier molecular flexibility index (Phi) is 6.50. The van der Waals surface area contributed by atoms with Crippen molar-refractivity contribution in [2.24, 2.45) is 5.10 Å². The van der Waals surface area contributed by atoms with Crippen LogP contribution in [-0.4, -0.2) is 35.9 Å². The molecule has 4 aromatic rings. The summed E-state index contributed by atoms with van der Waals surface area (Å²) in [6, 6.07) is 21.6. The van der Waals surface area contributed by atoms with Gasteiger partial charge in [-0.15, -0.1) is 0 Å². The summed E-state index contributed by atoms with van der Waals surface area (Å²) in [4.78, 5) is 17.8. The van der Waals surface area contributed by atoms with E-state index in [-0.39, 0.29) is 11.7 Å². The number of phenols is 1. The van der Waals surface area contributed by atoms with E-state index in [1.807, 2.05) is 55.5 Å². The number of aromatic nitrogens is 1. The van der Waals surface area contributed by atoms with E-state index in [4.69, 9.17) is 14.5 Å². The standard InChI is InChI=1S/C26H23N3O4/c1-3-33-25-13-17(11-12-24(25)30)16-27-29-26(31)21-15-23(18-7-6-8-19(14-18)32-2)28-22-10-5-4-9-20(21)22/h4-16,30H,3H2,1-2H3,(H,29,31)/b27-16+. The van der Waals surface area contributed by atoms with Gasteiger partial charge >= 0.3 is 0 Å². The van der Waals surface area contributed by atoms with Crippen molar-refractivity contribution in [3.63, 3.8) is 0 Å². The third-order valence-electron chi connectivity index (χ3n) is 4.99. The molecule has 2 N–H and O–H groups in total. The summed E-state index contributed by atoms with van der Waals surface area (Å²) < 4.78 is 10.7. The molecule has 166 valence electrons. The number of carbonyl (C=O) groups is 1. The molecule has 0 radical (unpaired) electrons. The summed E-state index contributed by atoms with van der Waals surface area (Å²) in [5.41, 5.74) is 5.90. The number of rotatable bonds is 7. The molecule has 33 heavy (non-hydrogen) atoms. The number of hydrazone groups is 1. The molecule has 0 unspecified atom stereocenters. The van der Waals surface area contributed by atoms with Crippen molar-refractivity contribution >= 4 is 23.0 Å². The van der Waals surface area contributed by atoms with Crippen LogP contribution in [0.5, 0.6) is 17.2 Å². The Balaban J connectivity index is 1.63. The van der Waals surface area contributed by atoms with E-state index in [9.17, 15) is 9.90 Å². The van der Waals surface area contributed by atoms with E-state index in [0.29, 0.717) is 40.4 Å². The first-order valence-electron chi connectivity index (χ1n) is 10.4. The lowest BCUT2D eigenvalue weighted by atomic mass is 10.0. The van der Waals surface area contributed by atoms with Gasteiger partial charge in [-0.3, -0.25) is 4.79 Å². The van der Waals surface area contributed by atoms with Crippen molar-refractivity contribution in [1.82, 2.24) is 10.4 Å². The summed E-state index contributed by atoms with van der Waals surface area (Å²) in [6.45, 7) is 2.26. The second kappa shape index (κ2) is 9.82. The Morgan fingerprint density at radius 2 is 1.94 bits per heavy atom. The number of benzene rings is 3. The molecule has 7 heteroatoms. The maximum absolute atomic E-state index is 13.0. The van der Waals surface area contributed by atoms with Crippen LogP contribution in [0.25, 0.3) is 22.2 Å². The lowest BCUT2D eigenvalue weighted by Gasteiger charge is -2.10. The first-order chi connectivity index (χ1) is 16.1. The minimum Gasteiger partial charge on any atom is -0.504 e. The maximum Gasteiger partial charge on any atom is 0.272 e. The van der Waals surface area contributed by atoms with Gasteiger partial charge in [0.25, 0.3) is 5.91 Å². The molecule has 0 aliphatic rings.